The highest BCUT2D eigenvalue weighted by atomic mass is 16.6. The largest absolute Gasteiger partial charge is 0.456 e. The number of anilines is 1. The minimum Gasteiger partial charge on any atom is -0.456 e. The minimum atomic E-state index is -0.654. The number of azide groups is 1. The summed E-state index contributed by atoms with van der Waals surface area (Å²) in [6.07, 6.45) is -0.335. The lowest BCUT2D eigenvalue weighted by atomic mass is 9.93. The number of piperazine rings is 1. The highest BCUT2D eigenvalue weighted by Gasteiger charge is 2.31. The van der Waals surface area contributed by atoms with Gasteiger partial charge in [-0.25, -0.2) is 9.59 Å². The predicted octanol–water partition coefficient (Wildman–Crippen LogP) is 5.57. The molecule has 0 bridgehead atoms. The zero-order valence-corrected chi connectivity index (χ0v) is 20.7. The monoisotopic (exact) mass is 445 g/mol. The number of hydrogen-bond acceptors (Lipinski definition) is 6. The summed E-state index contributed by atoms with van der Waals surface area (Å²) in [5.74, 6) is -0.449. The second-order valence-electron chi connectivity index (χ2n) is 10.1. The van der Waals surface area contributed by atoms with Crippen molar-refractivity contribution in [3.8, 4) is 0 Å². The van der Waals surface area contributed by atoms with Crippen molar-refractivity contribution in [3.05, 3.63) is 32.7 Å². The standard InChI is InChI=1S/C23H35N5O4/c1-14-17(20(29)31-22(4,5)6)15(2)19(16(3)18(14)25-26-24)27-10-12-28(13-11-27)21(30)32-23(7,8)9/h10-13H2,1-9H3. The summed E-state index contributed by atoms with van der Waals surface area (Å²) in [6.45, 7) is 18.6. The van der Waals surface area contributed by atoms with Crippen LogP contribution in [0.5, 0.6) is 0 Å². The summed E-state index contributed by atoms with van der Waals surface area (Å²) in [5, 5.41) is 3.89. The fraction of sp³-hybridized carbons (Fsp3) is 0.652. The molecule has 0 aromatic heterocycles. The SMILES string of the molecule is Cc1c(N=[N+]=[N-])c(C)c(N2CCN(C(=O)OC(C)(C)C)CC2)c(C)c1C(=O)OC(C)(C)C. The van der Waals surface area contributed by atoms with Crippen LogP contribution in [0.2, 0.25) is 0 Å². The molecule has 1 heterocycles. The van der Waals surface area contributed by atoms with E-state index in [1.807, 2.05) is 55.4 Å². The van der Waals surface area contributed by atoms with E-state index >= 15 is 0 Å². The van der Waals surface area contributed by atoms with Crippen molar-refractivity contribution < 1.29 is 19.1 Å². The topological polar surface area (TPSA) is 108 Å². The summed E-state index contributed by atoms with van der Waals surface area (Å²) in [4.78, 5) is 32.2. The summed E-state index contributed by atoms with van der Waals surface area (Å²) < 4.78 is 11.1. The van der Waals surface area contributed by atoms with Gasteiger partial charge in [0.2, 0.25) is 0 Å². The van der Waals surface area contributed by atoms with Crippen LogP contribution in [0.4, 0.5) is 16.2 Å². The smallest absolute Gasteiger partial charge is 0.410 e. The number of hydrogen-bond donors (Lipinski definition) is 0. The Morgan fingerprint density at radius 3 is 1.88 bits per heavy atom. The molecule has 1 fully saturated rings. The van der Waals surface area contributed by atoms with E-state index in [0.717, 1.165) is 16.8 Å². The first-order valence-electron chi connectivity index (χ1n) is 10.8. The molecule has 9 nitrogen and oxygen atoms in total. The van der Waals surface area contributed by atoms with Crippen LogP contribution in [-0.2, 0) is 9.47 Å². The Morgan fingerprint density at radius 1 is 0.875 bits per heavy atom. The Labute approximate surface area is 190 Å². The fourth-order valence-corrected chi connectivity index (χ4v) is 3.94. The maximum absolute atomic E-state index is 13.0. The van der Waals surface area contributed by atoms with E-state index in [1.165, 1.54) is 0 Å². The quantitative estimate of drug-likeness (QED) is 0.262. The first-order valence-corrected chi connectivity index (χ1v) is 10.8. The highest BCUT2D eigenvalue weighted by molar-refractivity contribution is 5.97. The van der Waals surface area contributed by atoms with Crippen LogP contribution in [0, 0.1) is 20.8 Å². The van der Waals surface area contributed by atoms with Crippen molar-refractivity contribution in [1.29, 1.82) is 0 Å². The molecule has 0 radical (unpaired) electrons. The zero-order valence-electron chi connectivity index (χ0n) is 20.7. The van der Waals surface area contributed by atoms with Gasteiger partial charge < -0.3 is 19.3 Å². The van der Waals surface area contributed by atoms with Crippen LogP contribution in [0.25, 0.3) is 10.4 Å². The Balaban J connectivity index is 2.43. The molecule has 32 heavy (non-hydrogen) atoms. The third-order valence-corrected chi connectivity index (χ3v) is 5.17. The van der Waals surface area contributed by atoms with Gasteiger partial charge in [0, 0.05) is 42.5 Å². The normalized spacial score (nSPS) is 14.7. The van der Waals surface area contributed by atoms with Gasteiger partial charge in [0.25, 0.3) is 0 Å². The van der Waals surface area contributed by atoms with E-state index in [9.17, 15) is 9.59 Å². The molecular formula is C23H35N5O4. The van der Waals surface area contributed by atoms with E-state index in [1.54, 1.807) is 11.8 Å². The first-order chi connectivity index (χ1) is 14.7. The lowest BCUT2D eigenvalue weighted by Crippen LogP contribution is -2.50. The molecule has 0 atom stereocenters. The molecular weight excluding hydrogens is 410 g/mol. The van der Waals surface area contributed by atoms with Gasteiger partial charge in [0.1, 0.15) is 11.2 Å². The molecule has 0 N–H and O–H groups in total. The number of carbonyl (C=O) groups excluding carboxylic acids is 2. The van der Waals surface area contributed by atoms with Crippen molar-refractivity contribution in [2.24, 2.45) is 5.11 Å². The average Bonchev–Trinajstić information content (AvgIpc) is 2.63. The van der Waals surface area contributed by atoms with Gasteiger partial charge in [0.15, 0.2) is 0 Å². The molecule has 0 spiro atoms. The molecule has 176 valence electrons. The van der Waals surface area contributed by atoms with E-state index in [4.69, 9.17) is 15.0 Å². The van der Waals surface area contributed by atoms with Gasteiger partial charge in [-0.15, -0.1) is 0 Å². The second-order valence-corrected chi connectivity index (χ2v) is 10.1. The molecule has 1 saturated heterocycles. The maximum Gasteiger partial charge on any atom is 0.410 e. The molecule has 0 aliphatic carbocycles. The number of amides is 1. The van der Waals surface area contributed by atoms with Crippen LogP contribution >= 0.6 is 0 Å². The number of carbonyl (C=O) groups is 2. The molecule has 1 aromatic carbocycles. The van der Waals surface area contributed by atoms with Crippen molar-refractivity contribution in [2.45, 2.75) is 73.5 Å². The molecule has 1 aliphatic heterocycles. The van der Waals surface area contributed by atoms with E-state index in [-0.39, 0.29) is 6.09 Å². The van der Waals surface area contributed by atoms with E-state index < -0.39 is 17.2 Å². The molecule has 1 aromatic rings. The van der Waals surface area contributed by atoms with Crippen molar-refractivity contribution >= 4 is 23.4 Å². The van der Waals surface area contributed by atoms with E-state index in [0.29, 0.717) is 43.0 Å². The molecule has 9 heteroatoms. The van der Waals surface area contributed by atoms with Gasteiger partial charge in [-0.3, -0.25) is 0 Å². The van der Waals surface area contributed by atoms with Crippen LogP contribution in [0.3, 0.4) is 0 Å². The number of benzene rings is 1. The van der Waals surface area contributed by atoms with Gasteiger partial charge in [-0.2, -0.15) is 0 Å². The maximum atomic E-state index is 13.0. The molecule has 0 saturated carbocycles. The average molecular weight is 446 g/mol. The Morgan fingerprint density at radius 2 is 1.41 bits per heavy atom. The Kier molecular flexibility index (Phi) is 7.35. The van der Waals surface area contributed by atoms with Crippen LogP contribution in [0.1, 0.15) is 68.6 Å². The number of esters is 1. The van der Waals surface area contributed by atoms with Gasteiger partial charge in [0.05, 0.1) is 5.56 Å². The van der Waals surface area contributed by atoms with E-state index in [2.05, 4.69) is 14.9 Å². The minimum absolute atomic E-state index is 0.335. The second kappa shape index (κ2) is 9.28. The summed E-state index contributed by atoms with van der Waals surface area (Å²) in [7, 11) is 0. The van der Waals surface area contributed by atoms with Crippen LogP contribution in [-0.4, -0.2) is 54.3 Å². The van der Waals surface area contributed by atoms with Crippen LogP contribution in [0.15, 0.2) is 5.11 Å². The van der Waals surface area contributed by atoms with Gasteiger partial charge >= 0.3 is 12.1 Å². The summed E-state index contributed by atoms with van der Waals surface area (Å²) >= 11 is 0. The third kappa shape index (κ3) is 5.85. The molecule has 1 aliphatic rings. The summed E-state index contributed by atoms with van der Waals surface area (Å²) in [5.41, 5.74) is 11.8. The van der Waals surface area contributed by atoms with Gasteiger partial charge in [-0.05, 0) is 84.5 Å². The van der Waals surface area contributed by atoms with Crippen LogP contribution < -0.4 is 4.90 Å². The fourth-order valence-electron chi connectivity index (χ4n) is 3.94. The first kappa shape index (κ1) is 25.3. The van der Waals surface area contributed by atoms with Crippen molar-refractivity contribution in [3.63, 3.8) is 0 Å². The number of nitrogens with zero attached hydrogens (tertiary/aromatic N) is 5. The Bertz CT molecular complexity index is 945. The lowest BCUT2D eigenvalue weighted by molar-refractivity contribution is 0.00675. The summed E-state index contributed by atoms with van der Waals surface area (Å²) in [6, 6.07) is 0. The third-order valence-electron chi connectivity index (χ3n) is 5.17. The van der Waals surface area contributed by atoms with Gasteiger partial charge in [-0.1, -0.05) is 5.11 Å². The van der Waals surface area contributed by atoms with Crippen molar-refractivity contribution in [2.75, 3.05) is 31.1 Å². The lowest BCUT2D eigenvalue weighted by Gasteiger charge is -2.38. The highest BCUT2D eigenvalue weighted by Crippen LogP contribution is 2.40. The van der Waals surface area contributed by atoms with Crippen molar-refractivity contribution in [1.82, 2.24) is 4.90 Å². The number of ether oxygens (including phenoxy) is 2. The molecule has 1 amide bonds. The predicted molar refractivity (Wildman–Crippen MR) is 125 cm³/mol. The molecule has 2 rings (SSSR count). The molecule has 0 unspecified atom stereocenters. The Hall–Kier alpha value is -2.93. The zero-order chi connectivity index (χ0) is 24.4. The number of rotatable bonds is 3.